The molecule has 0 bridgehead atoms. The molecule has 4 nitrogen and oxygen atoms in total. The van der Waals surface area contributed by atoms with E-state index >= 15 is 0 Å². The number of piperidine rings is 1. The summed E-state index contributed by atoms with van der Waals surface area (Å²) in [5, 5.41) is 8.87. The Kier molecular flexibility index (Phi) is 5.58. The number of likely N-dealkylation sites (tertiary alicyclic amines) is 1. The molecule has 2 fully saturated rings. The average molecular weight is 329 g/mol. The Morgan fingerprint density at radius 1 is 1.22 bits per heavy atom. The van der Waals surface area contributed by atoms with Gasteiger partial charge in [-0.25, -0.2) is 0 Å². The van der Waals surface area contributed by atoms with E-state index in [2.05, 4.69) is 15.9 Å². The molecule has 1 atom stereocenters. The third-order valence-corrected chi connectivity index (χ3v) is 5.61. The largest absolute Gasteiger partial charge is 0.341 e. The Morgan fingerprint density at radius 3 is 2.65 bits per heavy atom. The predicted octanol–water partition coefficient (Wildman–Crippen LogP) is 2.35. The van der Waals surface area contributed by atoms with Gasteiger partial charge < -0.3 is 4.90 Å². The monoisotopic (exact) mass is 329 g/mol. The van der Waals surface area contributed by atoms with E-state index in [4.69, 9.17) is 5.26 Å². The van der Waals surface area contributed by atoms with Crippen LogP contribution in [0, 0.1) is 17.2 Å². The molecule has 5 heteroatoms. The van der Waals surface area contributed by atoms with Crippen LogP contribution in [-0.4, -0.2) is 53.4 Å². The molecule has 0 radical (unpaired) electrons. The molecule has 23 heavy (non-hydrogen) atoms. The average Bonchev–Trinajstić information content (AvgIpc) is 2.63. The van der Waals surface area contributed by atoms with Gasteiger partial charge in [-0.3, -0.25) is 9.69 Å². The Balaban J connectivity index is 1.56. The summed E-state index contributed by atoms with van der Waals surface area (Å²) < 4.78 is 0. The second kappa shape index (κ2) is 7.85. The van der Waals surface area contributed by atoms with Gasteiger partial charge in [0.15, 0.2) is 0 Å². The van der Waals surface area contributed by atoms with E-state index in [1.54, 1.807) is 0 Å². The zero-order chi connectivity index (χ0) is 16.1. The number of nitrogens with zero attached hydrogens (tertiary/aromatic N) is 3. The fraction of sp³-hybridized carbons (Fsp3) is 0.556. The summed E-state index contributed by atoms with van der Waals surface area (Å²) in [5.74, 6) is 2.67. The molecule has 0 aliphatic carbocycles. The molecule has 2 aliphatic rings. The lowest BCUT2D eigenvalue weighted by molar-refractivity contribution is -0.137. The number of rotatable bonds is 3. The summed E-state index contributed by atoms with van der Waals surface area (Å²) in [4.78, 5) is 17.1. The number of hydrogen-bond acceptors (Lipinski definition) is 4. The maximum absolute atomic E-state index is 12.7. The van der Waals surface area contributed by atoms with Gasteiger partial charge in [0.2, 0.25) is 5.91 Å². The fourth-order valence-corrected chi connectivity index (χ4v) is 4.29. The van der Waals surface area contributed by atoms with Gasteiger partial charge in [0.05, 0.1) is 17.6 Å². The van der Waals surface area contributed by atoms with E-state index in [0.29, 0.717) is 11.5 Å². The normalized spacial score (nSPS) is 22.6. The van der Waals surface area contributed by atoms with Crippen LogP contribution in [0.1, 0.15) is 24.0 Å². The maximum Gasteiger partial charge on any atom is 0.227 e. The number of amides is 1. The Hall–Kier alpha value is -1.51. The molecule has 0 aromatic heterocycles. The van der Waals surface area contributed by atoms with Crippen molar-refractivity contribution in [1.29, 1.82) is 5.26 Å². The van der Waals surface area contributed by atoms with Crippen LogP contribution in [0.3, 0.4) is 0 Å². The number of hydrogen-bond donors (Lipinski definition) is 0. The van der Waals surface area contributed by atoms with Crippen LogP contribution < -0.4 is 0 Å². The second-order valence-electron chi connectivity index (χ2n) is 6.32. The highest BCUT2D eigenvalue weighted by Gasteiger charge is 2.29. The molecule has 0 N–H and O–H groups in total. The molecule has 122 valence electrons. The molecular formula is C18H23N3OS. The van der Waals surface area contributed by atoms with Crippen molar-refractivity contribution in [2.45, 2.75) is 19.4 Å². The summed E-state index contributed by atoms with van der Waals surface area (Å²) >= 11 is 1.94. The molecule has 1 amide bonds. The number of thioether (sulfide) groups is 1. The molecule has 2 heterocycles. The van der Waals surface area contributed by atoms with Crippen molar-refractivity contribution >= 4 is 17.7 Å². The fourth-order valence-electron chi connectivity index (χ4n) is 3.39. The first-order chi connectivity index (χ1) is 11.3. The van der Waals surface area contributed by atoms with E-state index < -0.39 is 0 Å². The van der Waals surface area contributed by atoms with Crippen LogP contribution in [-0.2, 0) is 11.3 Å². The third-order valence-electron chi connectivity index (χ3n) is 4.67. The molecule has 1 aromatic rings. The van der Waals surface area contributed by atoms with Crippen molar-refractivity contribution in [3.63, 3.8) is 0 Å². The predicted molar refractivity (Wildman–Crippen MR) is 93.1 cm³/mol. The minimum Gasteiger partial charge on any atom is -0.341 e. The van der Waals surface area contributed by atoms with Gasteiger partial charge in [0.25, 0.3) is 0 Å². The molecule has 2 saturated heterocycles. The van der Waals surface area contributed by atoms with Gasteiger partial charge in [-0.15, -0.1) is 0 Å². The summed E-state index contributed by atoms with van der Waals surface area (Å²) in [5.41, 5.74) is 1.91. The van der Waals surface area contributed by atoms with E-state index in [0.717, 1.165) is 57.1 Å². The topological polar surface area (TPSA) is 47.3 Å². The lowest BCUT2D eigenvalue weighted by Crippen LogP contribution is -2.47. The molecule has 2 aliphatic heterocycles. The van der Waals surface area contributed by atoms with Crippen molar-refractivity contribution in [2.75, 3.05) is 37.7 Å². The lowest BCUT2D eigenvalue weighted by Gasteiger charge is -2.36. The minimum absolute atomic E-state index is 0.158. The van der Waals surface area contributed by atoms with Gasteiger partial charge in [0, 0.05) is 37.7 Å². The van der Waals surface area contributed by atoms with Gasteiger partial charge in [-0.05, 0) is 37.1 Å². The van der Waals surface area contributed by atoms with Crippen LogP contribution in [0.5, 0.6) is 0 Å². The van der Waals surface area contributed by atoms with E-state index in [-0.39, 0.29) is 5.92 Å². The Bertz CT molecular complexity index is 575. The third kappa shape index (κ3) is 4.27. The SMILES string of the molecule is N#Cc1ccc(CN2CCCC(C(=O)N3CCSCC3)C2)cc1. The summed E-state index contributed by atoms with van der Waals surface area (Å²) in [7, 11) is 0. The first-order valence-electron chi connectivity index (χ1n) is 8.34. The summed E-state index contributed by atoms with van der Waals surface area (Å²) in [6.07, 6.45) is 2.11. The first-order valence-corrected chi connectivity index (χ1v) is 9.49. The standard InChI is InChI=1S/C18H23N3OS/c19-12-15-3-5-16(6-4-15)13-20-7-1-2-17(14-20)18(22)21-8-10-23-11-9-21/h3-6,17H,1-2,7-11,13-14H2. The van der Waals surface area contributed by atoms with E-state index in [1.165, 1.54) is 5.56 Å². The van der Waals surface area contributed by atoms with Gasteiger partial charge >= 0.3 is 0 Å². The molecular weight excluding hydrogens is 306 g/mol. The summed E-state index contributed by atoms with van der Waals surface area (Å²) in [6, 6.07) is 9.93. The highest BCUT2D eigenvalue weighted by molar-refractivity contribution is 7.99. The lowest BCUT2D eigenvalue weighted by atomic mass is 9.96. The van der Waals surface area contributed by atoms with Crippen LogP contribution in [0.4, 0.5) is 0 Å². The van der Waals surface area contributed by atoms with Gasteiger partial charge in [-0.1, -0.05) is 12.1 Å². The van der Waals surface area contributed by atoms with Crippen LogP contribution in [0.15, 0.2) is 24.3 Å². The first kappa shape index (κ1) is 16.4. The Labute approximate surface area is 142 Å². The number of carbonyl (C=O) groups is 1. The number of benzene rings is 1. The molecule has 1 aromatic carbocycles. The van der Waals surface area contributed by atoms with Crippen molar-refractivity contribution in [1.82, 2.24) is 9.80 Å². The maximum atomic E-state index is 12.7. The number of nitriles is 1. The quantitative estimate of drug-likeness (QED) is 0.854. The van der Waals surface area contributed by atoms with E-state index in [1.807, 2.05) is 36.0 Å². The smallest absolute Gasteiger partial charge is 0.227 e. The van der Waals surface area contributed by atoms with Crippen molar-refractivity contribution in [2.24, 2.45) is 5.92 Å². The highest BCUT2D eigenvalue weighted by Crippen LogP contribution is 2.22. The van der Waals surface area contributed by atoms with Crippen LogP contribution in [0.25, 0.3) is 0 Å². The van der Waals surface area contributed by atoms with Gasteiger partial charge in [-0.2, -0.15) is 17.0 Å². The van der Waals surface area contributed by atoms with Gasteiger partial charge in [0.1, 0.15) is 0 Å². The van der Waals surface area contributed by atoms with Crippen molar-refractivity contribution in [3.8, 4) is 6.07 Å². The summed E-state index contributed by atoms with van der Waals surface area (Å²) in [6.45, 7) is 4.61. The zero-order valence-corrected chi connectivity index (χ0v) is 14.2. The molecule has 0 spiro atoms. The zero-order valence-electron chi connectivity index (χ0n) is 13.4. The van der Waals surface area contributed by atoms with Crippen molar-refractivity contribution in [3.05, 3.63) is 35.4 Å². The second-order valence-corrected chi connectivity index (χ2v) is 7.55. The molecule has 3 rings (SSSR count). The van der Waals surface area contributed by atoms with Crippen LogP contribution in [0.2, 0.25) is 0 Å². The molecule has 0 saturated carbocycles. The highest BCUT2D eigenvalue weighted by atomic mass is 32.2. The van der Waals surface area contributed by atoms with E-state index in [9.17, 15) is 4.79 Å². The van der Waals surface area contributed by atoms with Crippen molar-refractivity contribution < 1.29 is 4.79 Å². The molecule has 1 unspecified atom stereocenters. The Morgan fingerprint density at radius 2 is 1.96 bits per heavy atom. The minimum atomic E-state index is 0.158. The van der Waals surface area contributed by atoms with Crippen LogP contribution >= 0.6 is 11.8 Å². The number of carbonyl (C=O) groups excluding carboxylic acids is 1.